The summed E-state index contributed by atoms with van der Waals surface area (Å²) >= 11 is 0. The van der Waals surface area contributed by atoms with Crippen molar-refractivity contribution in [2.75, 3.05) is 0 Å². The zero-order chi connectivity index (χ0) is 16.8. The fraction of sp³-hybridized carbons (Fsp3) is 0.250. The van der Waals surface area contributed by atoms with Crippen LogP contribution in [0.2, 0.25) is 0 Å². The van der Waals surface area contributed by atoms with Gasteiger partial charge < -0.3 is 8.98 Å². The maximum Gasteiger partial charge on any atom is 0.329 e. The van der Waals surface area contributed by atoms with Gasteiger partial charge in [-0.05, 0) is 18.6 Å². The predicted molar refractivity (Wildman–Crippen MR) is 88.9 cm³/mol. The van der Waals surface area contributed by atoms with Crippen molar-refractivity contribution in [1.82, 2.24) is 24.1 Å². The normalized spacial score (nSPS) is 11.6. The summed E-state index contributed by atoms with van der Waals surface area (Å²) in [6, 6.07) is 7.39. The minimum Gasteiger partial charge on any atom is -0.434 e. The Morgan fingerprint density at radius 3 is 2.75 bits per heavy atom. The molecule has 3 heterocycles. The lowest BCUT2D eigenvalue weighted by Gasteiger charge is -2.04. The molecule has 8 heteroatoms. The minimum absolute atomic E-state index is 0.197. The number of fused-ring (bicyclic) bond motifs is 2. The van der Waals surface area contributed by atoms with Gasteiger partial charge in [-0.15, -0.1) is 0 Å². The van der Waals surface area contributed by atoms with E-state index in [2.05, 4.69) is 15.0 Å². The average Bonchev–Trinajstić information content (AvgIpc) is 3.15. The molecule has 4 rings (SSSR count). The van der Waals surface area contributed by atoms with Gasteiger partial charge in [-0.3, -0.25) is 14.3 Å². The van der Waals surface area contributed by atoms with E-state index in [1.165, 1.54) is 7.05 Å². The van der Waals surface area contributed by atoms with Crippen LogP contribution in [0.25, 0.3) is 34.0 Å². The van der Waals surface area contributed by atoms with Gasteiger partial charge in [0.15, 0.2) is 16.9 Å². The number of H-pyrrole nitrogens is 1. The Morgan fingerprint density at radius 1 is 1.21 bits per heavy atom. The summed E-state index contributed by atoms with van der Waals surface area (Å²) in [5.74, 6) is 0.755. The van der Waals surface area contributed by atoms with E-state index in [0.717, 1.165) is 11.0 Å². The van der Waals surface area contributed by atoms with Gasteiger partial charge in [-0.1, -0.05) is 19.1 Å². The molecule has 0 atom stereocenters. The van der Waals surface area contributed by atoms with Crippen LogP contribution >= 0.6 is 0 Å². The second kappa shape index (κ2) is 5.19. The Bertz CT molecular complexity index is 1150. The molecule has 1 aromatic carbocycles. The third-order valence-electron chi connectivity index (χ3n) is 3.94. The summed E-state index contributed by atoms with van der Waals surface area (Å²) in [5.41, 5.74) is 1.02. The first-order valence-corrected chi connectivity index (χ1v) is 7.65. The van der Waals surface area contributed by atoms with E-state index >= 15 is 0 Å². The molecular formula is C16H15N5O3. The van der Waals surface area contributed by atoms with E-state index in [4.69, 9.17) is 4.42 Å². The molecule has 0 fully saturated rings. The fourth-order valence-electron chi connectivity index (χ4n) is 2.74. The molecule has 0 amide bonds. The largest absolute Gasteiger partial charge is 0.434 e. The summed E-state index contributed by atoms with van der Waals surface area (Å²) < 4.78 is 8.54. The third-order valence-corrected chi connectivity index (χ3v) is 3.94. The molecule has 0 unspecified atom stereocenters. The number of benzene rings is 1. The van der Waals surface area contributed by atoms with E-state index in [1.54, 1.807) is 4.57 Å². The van der Waals surface area contributed by atoms with E-state index in [-0.39, 0.29) is 5.52 Å². The Labute approximate surface area is 135 Å². The van der Waals surface area contributed by atoms with Crippen molar-refractivity contribution in [2.45, 2.75) is 19.9 Å². The van der Waals surface area contributed by atoms with Crippen molar-refractivity contribution in [1.29, 1.82) is 0 Å². The van der Waals surface area contributed by atoms with Gasteiger partial charge in [0.25, 0.3) is 11.4 Å². The number of nitrogens with one attached hydrogen (secondary N) is 1. The molecular weight excluding hydrogens is 310 g/mol. The van der Waals surface area contributed by atoms with Crippen LogP contribution in [0.3, 0.4) is 0 Å². The van der Waals surface area contributed by atoms with Crippen LogP contribution in [-0.2, 0) is 13.6 Å². The highest BCUT2D eigenvalue weighted by Gasteiger charge is 2.20. The van der Waals surface area contributed by atoms with Crippen molar-refractivity contribution in [2.24, 2.45) is 7.05 Å². The maximum atomic E-state index is 12.3. The van der Waals surface area contributed by atoms with Gasteiger partial charge in [-0.2, -0.15) is 0 Å². The molecule has 24 heavy (non-hydrogen) atoms. The molecule has 1 N–H and O–H groups in total. The van der Waals surface area contributed by atoms with Crippen LogP contribution in [0.5, 0.6) is 0 Å². The molecule has 0 bridgehead atoms. The van der Waals surface area contributed by atoms with Gasteiger partial charge in [0.2, 0.25) is 0 Å². The third kappa shape index (κ3) is 1.99. The van der Waals surface area contributed by atoms with Gasteiger partial charge in [-0.25, -0.2) is 14.8 Å². The van der Waals surface area contributed by atoms with Gasteiger partial charge in [0.1, 0.15) is 11.2 Å². The smallest absolute Gasteiger partial charge is 0.329 e. The lowest BCUT2D eigenvalue weighted by Crippen LogP contribution is -2.32. The molecule has 0 aliphatic carbocycles. The van der Waals surface area contributed by atoms with E-state index in [0.29, 0.717) is 35.0 Å². The second-order valence-electron chi connectivity index (χ2n) is 5.57. The summed E-state index contributed by atoms with van der Waals surface area (Å²) in [7, 11) is 1.42. The molecule has 0 spiro atoms. The number of hydrogen-bond donors (Lipinski definition) is 1. The minimum atomic E-state index is -0.478. The van der Waals surface area contributed by atoms with Crippen LogP contribution in [0, 0.1) is 0 Å². The van der Waals surface area contributed by atoms with Crippen molar-refractivity contribution in [3.63, 3.8) is 0 Å². The Hall–Kier alpha value is -3.16. The Balaban J connectivity index is 2.07. The second-order valence-corrected chi connectivity index (χ2v) is 5.57. The van der Waals surface area contributed by atoms with E-state index < -0.39 is 11.2 Å². The van der Waals surface area contributed by atoms with Gasteiger partial charge in [0, 0.05) is 13.6 Å². The Kier molecular flexibility index (Phi) is 3.12. The monoisotopic (exact) mass is 325 g/mol. The van der Waals surface area contributed by atoms with E-state index in [1.807, 2.05) is 31.2 Å². The summed E-state index contributed by atoms with van der Waals surface area (Å²) in [6.07, 6.45) is 0.802. The van der Waals surface area contributed by atoms with Crippen LogP contribution < -0.4 is 11.2 Å². The first-order chi connectivity index (χ1) is 11.6. The standard InChI is InChI=1S/C16H15N5O3/c1-3-8-21-12-11(15(22)20(2)16(23)19-12)18-13(21)14-17-9-6-4-5-7-10(9)24-14/h4-7H,3,8H2,1-2H3,(H,19,23). The fourth-order valence-corrected chi connectivity index (χ4v) is 2.74. The molecule has 0 aliphatic rings. The summed E-state index contributed by atoms with van der Waals surface area (Å²) in [6.45, 7) is 2.58. The number of imidazole rings is 1. The summed E-state index contributed by atoms with van der Waals surface area (Å²) in [5, 5.41) is 0. The topological polar surface area (TPSA) is 98.7 Å². The van der Waals surface area contributed by atoms with Gasteiger partial charge in [0.05, 0.1) is 0 Å². The average molecular weight is 325 g/mol. The number of oxazole rings is 1. The van der Waals surface area contributed by atoms with Crippen LogP contribution in [0.1, 0.15) is 13.3 Å². The molecule has 0 saturated heterocycles. The van der Waals surface area contributed by atoms with Crippen molar-refractivity contribution in [3.8, 4) is 11.7 Å². The van der Waals surface area contributed by atoms with Crippen LogP contribution in [0.15, 0.2) is 38.3 Å². The number of hydrogen-bond acceptors (Lipinski definition) is 5. The van der Waals surface area contributed by atoms with Crippen molar-refractivity contribution >= 4 is 22.3 Å². The zero-order valence-corrected chi connectivity index (χ0v) is 13.2. The number of nitrogens with zero attached hydrogens (tertiary/aromatic N) is 4. The highest BCUT2D eigenvalue weighted by Crippen LogP contribution is 2.25. The Morgan fingerprint density at radius 2 is 2.00 bits per heavy atom. The van der Waals surface area contributed by atoms with E-state index in [9.17, 15) is 9.59 Å². The lowest BCUT2D eigenvalue weighted by molar-refractivity contribution is 0.597. The molecule has 4 aromatic rings. The zero-order valence-electron chi connectivity index (χ0n) is 13.2. The highest BCUT2D eigenvalue weighted by atomic mass is 16.3. The number of aromatic amines is 1. The number of aryl methyl sites for hydroxylation is 1. The first-order valence-electron chi connectivity index (χ1n) is 7.65. The first kappa shape index (κ1) is 14.4. The SMILES string of the molecule is CCCn1c(-c2nc3ccccc3o2)nc2c(=O)n(C)c(=O)[nH]c21. The number of para-hydroxylation sites is 2. The molecule has 0 aliphatic heterocycles. The predicted octanol–water partition coefficient (Wildman–Crippen LogP) is 1.64. The molecule has 0 radical (unpaired) electrons. The number of aromatic nitrogens is 5. The highest BCUT2D eigenvalue weighted by molar-refractivity contribution is 5.78. The quantitative estimate of drug-likeness (QED) is 0.617. The lowest BCUT2D eigenvalue weighted by atomic mass is 10.3. The maximum absolute atomic E-state index is 12.3. The van der Waals surface area contributed by atoms with Crippen molar-refractivity contribution < 1.29 is 4.42 Å². The molecule has 3 aromatic heterocycles. The summed E-state index contributed by atoms with van der Waals surface area (Å²) in [4.78, 5) is 35.8. The number of rotatable bonds is 3. The van der Waals surface area contributed by atoms with Crippen molar-refractivity contribution in [3.05, 3.63) is 45.1 Å². The molecule has 8 nitrogen and oxygen atoms in total. The van der Waals surface area contributed by atoms with Gasteiger partial charge >= 0.3 is 5.69 Å². The molecule has 122 valence electrons. The molecule has 0 saturated carbocycles. The van der Waals surface area contributed by atoms with Crippen LogP contribution in [0.4, 0.5) is 0 Å². The van der Waals surface area contributed by atoms with Crippen LogP contribution in [-0.4, -0.2) is 24.1 Å².